The first kappa shape index (κ1) is 10.9. The summed E-state index contributed by atoms with van der Waals surface area (Å²) in [6, 6.07) is 0. The first-order valence-corrected chi connectivity index (χ1v) is 4.83. The SMILES string of the molecule is COCN1C=C2N=C(C(N)=O)C=C([S])N2N1. The summed E-state index contributed by atoms with van der Waals surface area (Å²) >= 11 is 5.09. The van der Waals surface area contributed by atoms with Gasteiger partial charge in [0, 0.05) is 13.2 Å². The zero-order valence-corrected chi connectivity index (χ0v) is 9.32. The second-order valence-electron chi connectivity index (χ2n) is 3.15. The van der Waals surface area contributed by atoms with Crippen molar-refractivity contribution in [3.05, 3.63) is 23.1 Å². The Hall–Kier alpha value is -1.64. The van der Waals surface area contributed by atoms with E-state index in [4.69, 9.17) is 23.1 Å². The molecule has 0 fully saturated rings. The molecule has 0 aromatic heterocycles. The Morgan fingerprint density at radius 1 is 1.75 bits per heavy atom. The van der Waals surface area contributed by atoms with Gasteiger partial charge in [0.2, 0.25) is 0 Å². The van der Waals surface area contributed by atoms with Crippen molar-refractivity contribution in [1.82, 2.24) is 15.6 Å². The second-order valence-corrected chi connectivity index (χ2v) is 3.57. The van der Waals surface area contributed by atoms with Crippen LogP contribution < -0.4 is 11.3 Å². The molecule has 0 saturated carbocycles. The minimum absolute atomic E-state index is 0.147. The van der Waals surface area contributed by atoms with E-state index in [1.165, 1.54) is 6.08 Å². The summed E-state index contributed by atoms with van der Waals surface area (Å²) in [4.78, 5) is 15.0. The molecule has 2 heterocycles. The molecule has 16 heavy (non-hydrogen) atoms. The molecule has 3 N–H and O–H groups in total. The molecule has 0 saturated heterocycles. The van der Waals surface area contributed by atoms with Gasteiger partial charge in [0.15, 0.2) is 5.82 Å². The van der Waals surface area contributed by atoms with Gasteiger partial charge in [-0.2, -0.15) is 0 Å². The molecule has 0 spiro atoms. The van der Waals surface area contributed by atoms with Crippen molar-refractivity contribution in [2.45, 2.75) is 0 Å². The third kappa shape index (κ3) is 1.85. The molecule has 8 heteroatoms. The predicted molar refractivity (Wildman–Crippen MR) is 59.1 cm³/mol. The van der Waals surface area contributed by atoms with Gasteiger partial charge in [-0.3, -0.25) is 9.80 Å². The van der Waals surface area contributed by atoms with Crippen LogP contribution in [-0.2, 0) is 9.53 Å². The van der Waals surface area contributed by atoms with Gasteiger partial charge in [0.1, 0.15) is 17.5 Å². The highest BCUT2D eigenvalue weighted by molar-refractivity contribution is 7.84. The van der Waals surface area contributed by atoms with Crippen LogP contribution in [-0.4, -0.2) is 35.5 Å². The predicted octanol–water partition coefficient (Wildman–Crippen LogP) is -0.595. The van der Waals surface area contributed by atoms with Crippen LogP contribution in [0, 0.1) is 0 Å². The van der Waals surface area contributed by atoms with Crippen molar-refractivity contribution >= 4 is 24.2 Å². The molecule has 2 aliphatic rings. The summed E-state index contributed by atoms with van der Waals surface area (Å²) < 4.78 is 4.94. The van der Waals surface area contributed by atoms with Gasteiger partial charge in [0.25, 0.3) is 5.91 Å². The standard InChI is InChI=1S/C8H10N5O2S/c1-15-4-12-3-6-10-5(8(9)14)2-7(16)13(6)11-12/h2-3,11H,4H2,1H3,(H2,9,14). The van der Waals surface area contributed by atoms with Crippen LogP contribution in [0.15, 0.2) is 28.1 Å². The van der Waals surface area contributed by atoms with Crippen LogP contribution in [0.4, 0.5) is 0 Å². The Balaban J connectivity index is 2.25. The molecule has 0 aromatic carbocycles. The van der Waals surface area contributed by atoms with Crippen LogP contribution in [0.3, 0.4) is 0 Å². The lowest BCUT2D eigenvalue weighted by molar-refractivity contribution is -0.111. The highest BCUT2D eigenvalue weighted by Crippen LogP contribution is 2.24. The van der Waals surface area contributed by atoms with E-state index in [-0.39, 0.29) is 5.71 Å². The first-order valence-electron chi connectivity index (χ1n) is 4.43. The summed E-state index contributed by atoms with van der Waals surface area (Å²) in [5.74, 6) is -0.0913. The van der Waals surface area contributed by atoms with E-state index in [2.05, 4.69) is 10.5 Å². The number of fused-ring (bicyclic) bond motifs is 1. The highest BCUT2D eigenvalue weighted by Gasteiger charge is 2.27. The zero-order chi connectivity index (χ0) is 11.7. The lowest BCUT2D eigenvalue weighted by Crippen LogP contribution is -2.41. The van der Waals surface area contributed by atoms with Gasteiger partial charge < -0.3 is 10.5 Å². The van der Waals surface area contributed by atoms with Crippen LogP contribution in [0.5, 0.6) is 0 Å². The van der Waals surface area contributed by atoms with E-state index < -0.39 is 5.91 Å². The summed E-state index contributed by atoms with van der Waals surface area (Å²) in [5.41, 5.74) is 8.21. The van der Waals surface area contributed by atoms with Gasteiger partial charge in [0.05, 0.1) is 6.20 Å². The largest absolute Gasteiger partial charge is 0.364 e. The minimum atomic E-state index is -0.604. The molecular formula is C8H10N5O2S. The number of aliphatic imine (C=N–C) groups is 1. The number of hydrazine groups is 2. The smallest absolute Gasteiger partial charge is 0.267 e. The molecule has 85 valence electrons. The average Bonchev–Trinajstić information content (AvgIpc) is 2.61. The van der Waals surface area contributed by atoms with Gasteiger partial charge in [-0.05, 0) is 0 Å². The lowest BCUT2D eigenvalue weighted by atomic mass is 10.3. The molecule has 1 amide bonds. The fourth-order valence-corrected chi connectivity index (χ4v) is 1.56. The monoisotopic (exact) mass is 240 g/mol. The van der Waals surface area contributed by atoms with E-state index in [1.54, 1.807) is 23.3 Å². The van der Waals surface area contributed by atoms with E-state index in [0.29, 0.717) is 17.6 Å². The number of hydrogen-bond acceptors (Lipinski definition) is 6. The summed E-state index contributed by atoms with van der Waals surface area (Å²) in [7, 11) is 1.57. The van der Waals surface area contributed by atoms with Gasteiger partial charge in [-0.15, -0.1) is 5.53 Å². The third-order valence-electron chi connectivity index (χ3n) is 1.97. The van der Waals surface area contributed by atoms with Gasteiger partial charge >= 0.3 is 0 Å². The number of nitrogens with one attached hydrogen (secondary N) is 1. The average molecular weight is 240 g/mol. The Morgan fingerprint density at radius 3 is 3.12 bits per heavy atom. The Kier molecular flexibility index (Phi) is 2.77. The van der Waals surface area contributed by atoms with Crippen molar-refractivity contribution in [2.75, 3.05) is 13.8 Å². The number of rotatable bonds is 3. The summed E-state index contributed by atoms with van der Waals surface area (Å²) in [5, 5.41) is 3.62. The molecule has 0 aliphatic carbocycles. The normalized spacial score (nSPS) is 18.9. The molecule has 0 atom stereocenters. The number of nitrogens with zero attached hydrogens (tertiary/aromatic N) is 3. The summed E-state index contributed by atoms with van der Waals surface area (Å²) in [6.07, 6.45) is 3.12. The quantitative estimate of drug-likeness (QED) is 0.688. The van der Waals surface area contributed by atoms with Crippen molar-refractivity contribution in [3.63, 3.8) is 0 Å². The molecule has 0 bridgehead atoms. The first-order chi connectivity index (χ1) is 7.61. The van der Waals surface area contributed by atoms with Crippen LogP contribution in [0.2, 0.25) is 0 Å². The topological polar surface area (TPSA) is 83.2 Å². The van der Waals surface area contributed by atoms with E-state index >= 15 is 0 Å². The second kappa shape index (κ2) is 4.08. The Labute approximate surface area is 97.6 Å². The number of ether oxygens (including phenoxy) is 1. The van der Waals surface area contributed by atoms with E-state index in [0.717, 1.165) is 0 Å². The van der Waals surface area contributed by atoms with Gasteiger partial charge in [-0.25, -0.2) is 10.0 Å². The number of nitrogens with two attached hydrogens (primary N) is 1. The van der Waals surface area contributed by atoms with Crippen molar-refractivity contribution in [3.8, 4) is 0 Å². The highest BCUT2D eigenvalue weighted by atomic mass is 32.1. The minimum Gasteiger partial charge on any atom is -0.364 e. The van der Waals surface area contributed by atoms with Crippen molar-refractivity contribution in [2.24, 2.45) is 10.7 Å². The molecule has 0 unspecified atom stereocenters. The van der Waals surface area contributed by atoms with Crippen molar-refractivity contribution in [1.29, 1.82) is 0 Å². The fourth-order valence-electron chi connectivity index (χ4n) is 1.32. The molecule has 2 aliphatic heterocycles. The number of primary amides is 1. The maximum absolute atomic E-state index is 11.0. The number of hydrogen-bond donors (Lipinski definition) is 2. The maximum Gasteiger partial charge on any atom is 0.267 e. The molecule has 1 radical (unpaired) electrons. The Bertz CT molecular complexity index is 417. The third-order valence-corrected chi connectivity index (χ3v) is 2.27. The zero-order valence-electron chi connectivity index (χ0n) is 8.51. The number of amides is 1. The van der Waals surface area contributed by atoms with Crippen molar-refractivity contribution < 1.29 is 9.53 Å². The maximum atomic E-state index is 11.0. The number of methoxy groups -OCH3 is 1. The van der Waals surface area contributed by atoms with Crippen LogP contribution in [0.1, 0.15) is 0 Å². The lowest BCUT2D eigenvalue weighted by Gasteiger charge is -2.23. The number of carbonyl (C=O) groups is 1. The van der Waals surface area contributed by atoms with Crippen LogP contribution in [0.25, 0.3) is 0 Å². The molecule has 0 aromatic rings. The summed E-state index contributed by atoms with van der Waals surface area (Å²) in [6.45, 7) is 0.337. The van der Waals surface area contributed by atoms with E-state index in [9.17, 15) is 4.79 Å². The van der Waals surface area contributed by atoms with Crippen LogP contribution >= 0.6 is 12.6 Å². The fraction of sp³-hybridized carbons (Fsp3) is 0.250. The van der Waals surface area contributed by atoms with Gasteiger partial charge in [-0.1, -0.05) is 12.6 Å². The molecular weight excluding hydrogens is 230 g/mol. The molecule has 2 rings (SSSR count). The Morgan fingerprint density at radius 2 is 2.50 bits per heavy atom. The molecule has 7 nitrogen and oxygen atoms in total. The van der Waals surface area contributed by atoms with E-state index in [1.807, 2.05) is 0 Å². The number of carbonyl (C=O) groups excluding carboxylic acids is 1.